The van der Waals surface area contributed by atoms with Gasteiger partial charge in [0.1, 0.15) is 5.84 Å². The molecule has 4 N–H and O–H groups in total. The van der Waals surface area contributed by atoms with Gasteiger partial charge in [0.05, 0.1) is 19.1 Å². The molecule has 1 heterocycles. The third kappa shape index (κ3) is 2.54. The monoisotopic (exact) mass is 271 g/mol. The predicted molar refractivity (Wildman–Crippen MR) is 66.6 cm³/mol. The number of hydrogen-bond donors (Lipinski definition) is 3. The van der Waals surface area contributed by atoms with E-state index >= 15 is 0 Å². The lowest BCUT2D eigenvalue weighted by molar-refractivity contribution is 0.352. The van der Waals surface area contributed by atoms with E-state index in [-0.39, 0.29) is 23.4 Å². The summed E-state index contributed by atoms with van der Waals surface area (Å²) in [6, 6.07) is -0.0674. The minimum Gasteiger partial charge on any atom is -0.387 e. The Morgan fingerprint density at radius 1 is 1.56 bits per heavy atom. The fourth-order valence-corrected chi connectivity index (χ4v) is 3.84. The number of H-pyrrole nitrogens is 1. The van der Waals surface area contributed by atoms with Crippen molar-refractivity contribution in [3.05, 3.63) is 12.5 Å². The summed E-state index contributed by atoms with van der Waals surface area (Å²) in [5, 5.41) is 7.39. The van der Waals surface area contributed by atoms with Gasteiger partial charge < -0.3 is 10.7 Å². The van der Waals surface area contributed by atoms with Gasteiger partial charge in [-0.2, -0.15) is 4.31 Å². The van der Waals surface area contributed by atoms with Crippen LogP contribution >= 0.6 is 0 Å². The van der Waals surface area contributed by atoms with E-state index in [0.29, 0.717) is 0 Å². The lowest BCUT2D eigenvalue weighted by atomic mass is 10.2. The van der Waals surface area contributed by atoms with Gasteiger partial charge in [-0.1, -0.05) is 12.8 Å². The van der Waals surface area contributed by atoms with Crippen molar-refractivity contribution in [1.82, 2.24) is 14.3 Å². The van der Waals surface area contributed by atoms with Gasteiger partial charge in [-0.25, -0.2) is 13.4 Å². The Morgan fingerprint density at radius 3 is 2.72 bits per heavy atom. The molecule has 2 rings (SSSR count). The highest BCUT2D eigenvalue weighted by Crippen LogP contribution is 2.27. The van der Waals surface area contributed by atoms with Crippen LogP contribution in [0, 0.1) is 5.41 Å². The van der Waals surface area contributed by atoms with Crippen molar-refractivity contribution in [2.75, 3.05) is 6.54 Å². The molecule has 7 nitrogen and oxygen atoms in total. The minimum atomic E-state index is -3.64. The molecule has 0 aliphatic heterocycles. The number of nitrogens with zero attached hydrogens (tertiary/aromatic N) is 2. The van der Waals surface area contributed by atoms with Crippen molar-refractivity contribution in [1.29, 1.82) is 5.41 Å². The molecule has 1 aromatic heterocycles. The van der Waals surface area contributed by atoms with Crippen LogP contribution in [0.2, 0.25) is 0 Å². The molecule has 8 heteroatoms. The first-order chi connectivity index (χ1) is 8.51. The molecular formula is C10H17N5O2S. The molecule has 1 aromatic rings. The number of aromatic nitrogens is 2. The smallest absolute Gasteiger partial charge is 0.260 e. The van der Waals surface area contributed by atoms with Crippen LogP contribution in [-0.2, 0) is 10.0 Å². The van der Waals surface area contributed by atoms with Crippen molar-refractivity contribution in [2.45, 2.75) is 36.8 Å². The van der Waals surface area contributed by atoms with E-state index in [0.717, 1.165) is 25.7 Å². The molecule has 18 heavy (non-hydrogen) atoms. The van der Waals surface area contributed by atoms with E-state index in [4.69, 9.17) is 11.1 Å². The predicted octanol–water partition coefficient (Wildman–Crippen LogP) is 0.279. The number of nitrogens with one attached hydrogen (secondary N) is 2. The summed E-state index contributed by atoms with van der Waals surface area (Å²) in [5.74, 6) is -0.148. The quantitative estimate of drug-likeness (QED) is 0.526. The third-order valence-electron chi connectivity index (χ3n) is 3.12. The van der Waals surface area contributed by atoms with Gasteiger partial charge in [0.2, 0.25) is 0 Å². The van der Waals surface area contributed by atoms with Crippen LogP contribution in [0.25, 0.3) is 0 Å². The van der Waals surface area contributed by atoms with Crippen molar-refractivity contribution < 1.29 is 8.42 Å². The number of imidazole rings is 1. The zero-order chi connectivity index (χ0) is 13.2. The van der Waals surface area contributed by atoms with Gasteiger partial charge in [-0.15, -0.1) is 0 Å². The lowest BCUT2D eigenvalue weighted by Gasteiger charge is -2.26. The largest absolute Gasteiger partial charge is 0.387 e. The maximum atomic E-state index is 12.4. The SMILES string of the molecule is N=C(N)CN(C1CCCC1)S(=O)(=O)c1cnc[nH]1. The van der Waals surface area contributed by atoms with E-state index in [1.165, 1.54) is 16.8 Å². The molecule has 0 aromatic carbocycles. The van der Waals surface area contributed by atoms with Gasteiger partial charge in [-0.3, -0.25) is 5.41 Å². The van der Waals surface area contributed by atoms with E-state index < -0.39 is 10.0 Å². The van der Waals surface area contributed by atoms with Crippen LogP contribution in [0.1, 0.15) is 25.7 Å². The number of hydrogen-bond acceptors (Lipinski definition) is 4. The maximum Gasteiger partial charge on any atom is 0.260 e. The van der Waals surface area contributed by atoms with E-state index in [1.807, 2.05) is 0 Å². The number of aromatic amines is 1. The van der Waals surface area contributed by atoms with Crippen LogP contribution < -0.4 is 5.73 Å². The molecule has 0 bridgehead atoms. The summed E-state index contributed by atoms with van der Waals surface area (Å²) >= 11 is 0. The fourth-order valence-electron chi connectivity index (χ4n) is 2.28. The molecule has 1 aliphatic carbocycles. The normalized spacial score (nSPS) is 17.4. The third-order valence-corrected chi connectivity index (χ3v) is 4.94. The Kier molecular flexibility index (Phi) is 3.67. The highest BCUT2D eigenvalue weighted by Gasteiger charge is 2.34. The molecule has 0 atom stereocenters. The molecule has 0 amide bonds. The summed E-state index contributed by atoms with van der Waals surface area (Å²) in [6.45, 7) is -0.0635. The van der Waals surface area contributed by atoms with E-state index in [2.05, 4.69) is 9.97 Å². The van der Waals surface area contributed by atoms with Crippen LogP contribution in [0.5, 0.6) is 0 Å². The summed E-state index contributed by atoms with van der Waals surface area (Å²) in [7, 11) is -3.64. The molecule has 1 saturated carbocycles. The van der Waals surface area contributed by atoms with E-state index in [9.17, 15) is 8.42 Å². The van der Waals surface area contributed by atoms with Crippen molar-refractivity contribution in [3.63, 3.8) is 0 Å². The second kappa shape index (κ2) is 5.07. The lowest BCUT2D eigenvalue weighted by Crippen LogP contribution is -2.43. The first-order valence-corrected chi connectivity index (χ1v) is 7.29. The Bertz CT molecular complexity index is 504. The molecule has 0 radical (unpaired) electrons. The summed E-state index contributed by atoms with van der Waals surface area (Å²) in [4.78, 5) is 6.33. The van der Waals surface area contributed by atoms with Crippen LogP contribution in [0.4, 0.5) is 0 Å². The Labute approximate surface area is 106 Å². The van der Waals surface area contributed by atoms with Gasteiger partial charge in [-0.05, 0) is 12.8 Å². The first-order valence-electron chi connectivity index (χ1n) is 5.85. The van der Waals surface area contributed by atoms with Gasteiger partial charge in [0.15, 0.2) is 5.03 Å². The van der Waals surface area contributed by atoms with Gasteiger partial charge in [0, 0.05) is 6.04 Å². The highest BCUT2D eigenvalue weighted by molar-refractivity contribution is 7.89. The molecule has 0 saturated heterocycles. The molecular weight excluding hydrogens is 254 g/mol. The number of amidine groups is 1. The molecule has 1 fully saturated rings. The zero-order valence-electron chi connectivity index (χ0n) is 9.96. The van der Waals surface area contributed by atoms with Crippen molar-refractivity contribution in [2.24, 2.45) is 5.73 Å². The fraction of sp³-hybridized carbons (Fsp3) is 0.600. The summed E-state index contributed by atoms with van der Waals surface area (Å²) in [5.41, 5.74) is 5.36. The average Bonchev–Trinajstić information content (AvgIpc) is 2.98. The molecule has 0 spiro atoms. The maximum absolute atomic E-state index is 12.4. The zero-order valence-corrected chi connectivity index (χ0v) is 10.8. The summed E-state index contributed by atoms with van der Waals surface area (Å²) < 4.78 is 26.2. The molecule has 0 unspecified atom stereocenters. The van der Waals surface area contributed by atoms with Gasteiger partial charge in [0.25, 0.3) is 10.0 Å². The summed E-state index contributed by atoms with van der Waals surface area (Å²) in [6.07, 6.45) is 6.27. The second-order valence-corrected chi connectivity index (χ2v) is 6.29. The van der Waals surface area contributed by atoms with Gasteiger partial charge >= 0.3 is 0 Å². The number of rotatable bonds is 5. The molecule has 100 valence electrons. The minimum absolute atomic E-state index is 0.0515. The standard InChI is InChI=1S/C10H17N5O2S/c11-9(12)6-15(8-3-1-2-4-8)18(16,17)10-5-13-7-14-10/h5,7-8H,1-4,6H2,(H3,11,12)(H,13,14). The van der Waals surface area contributed by atoms with Crippen LogP contribution in [0.3, 0.4) is 0 Å². The van der Waals surface area contributed by atoms with Crippen molar-refractivity contribution >= 4 is 15.9 Å². The van der Waals surface area contributed by atoms with Crippen LogP contribution in [0.15, 0.2) is 17.6 Å². The van der Waals surface area contributed by atoms with Crippen molar-refractivity contribution in [3.8, 4) is 0 Å². The van der Waals surface area contributed by atoms with Crippen LogP contribution in [-0.4, -0.2) is 41.1 Å². The first kappa shape index (κ1) is 13.0. The Balaban J connectivity index is 2.30. The highest BCUT2D eigenvalue weighted by atomic mass is 32.2. The second-order valence-electron chi connectivity index (χ2n) is 4.43. The Morgan fingerprint density at radius 2 is 2.22 bits per heavy atom. The number of sulfonamides is 1. The van der Waals surface area contributed by atoms with E-state index in [1.54, 1.807) is 0 Å². The Hall–Kier alpha value is -1.41. The molecule has 1 aliphatic rings. The average molecular weight is 271 g/mol. The topological polar surface area (TPSA) is 116 Å². The number of nitrogens with two attached hydrogens (primary N) is 1.